The number of rotatable bonds is 50. The van der Waals surface area contributed by atoms with E-state index in [0.717, 1.165) is 44.9 Å². The predicted octanol–water partition coefficient (Wildman–Crippen LogP) is 11.2. The molecular weight excluding hydrogens is 792 g/mol. The number of unbranched alkanes of at least 4 members (excludes halogenated alkanes) is 38. The zero-order valence-electron chi connectivity index (χ0n) is 42.2. The second-order valence-electron chi connectivity index (χ2n) is 18.7. The maximum Gasteiger partial charge on any atom is 2.00 e. The van der Waals surface area contributed by atoms with Crippen LogP contribution >= 0.6 is 0 Å². The standard InChI is InChI=1S/C36H70O4.C18H36O2.Mg.Na/c1-2-3-4-5-6-7-13-16-19-22-25-29-34(31-28-33-36(39)40)30-26-23-20-17-14-11-9-8-10-12-15-18-21-24-27-32-35(37)38;1-2-3-4-5-6-7-8-9-10-11-12-13-14-15-16-17-18(19)20;;/h34H,2-33H2,1H3,(H,37,38)(H,39,40);2-17H2,1H3,(H,19,20);;/q;;+2;+1/p-3. The van der Waals surface area contributed by atoms with Gasteiger partial charge in [0.2, 0.25) is 0 Å². The Morgan fingerprint density at radius 3 is 0.645 bits per heavy atom. The van der Waals surface area contributed by atoms with E-state index in [1.165, 1.54) is 244 Å². The van der Waals surface area contributed by atoms with Crippen molar-refractivity contribution in [2.45, 2.75) is 322 Å². The van der Waals surface area contributed by atoms with Crippen LogP contribution in [0.25, 0.3) is 0 Å². The number of carbonyl (C=O) groups is 3. The molecular formula is C54H103MgNaO6. The third-order valence-electron chi connectivity index (χ3n) is 12.7. The van der Waals surface area contributed by atoms with Crippen LogP contribution in [0.5, 0.6) is 0 Å². The van der Waals surface area contributed by atoms with Crippen LogP contribution in [0.4, 0.5) is 0 Å². The van der Waals surface area contributed by atoms with Crippen molar-refractivity contribution in [3.05, 3.63) is 0 Å². The Morgan fingerprint density at radius 2 is 0.435 bits per heavy atom. The first-order valence-electron chi connectivity index (χ1n) is 26.9. The number of hydrogen-bond donors (Lipinski definition) is 0. The fourth-order valence-electron chi connectivity index (χ4n) is 8.71. The summed E-state index contributed by atoms with van der Waals surface area (Å²) in [6.45, 7) is 4.55. The largest absolute Gasteiger partial charge is 2.00 e. The first-order valence-corrected chi connectivity index (χ1v) is 26.9. The SMILES string of the molecule is CCCCCCCCCCCCCC(CCCCCCCCCCCCCCCCCC(=O)[O-])CCCC(=O)[O-].CCCCCCCCCCCCCCCCCC(=O)[O-].[Mg+2].[Na+]. The van der Waals surface area contributed by atoms with E-state index in [1.54, 1.807) is 0 Å². The minimum Gasteiger partial charge on any atom is -0.550 e. The van der Waals surface area contributed by atoms with Gasteiger partial charge in [-0.3, -0.25) is 0 Å². The second-order valence-corrected chi connectivity index (χ2v) is 18.7. The monoisotopic (exact) mass is 895 g/mol. The molecule has 0 saturated carbocycles. The second kappa shape index (κ2) is 61.2. The Bertz CT molecular complexity index is 874. The van der Waals surface area contributed by atoms with Crippen LogP contribution < -0.4 is 44.9 Å². The number of hydrogen-bond acceptors (Lipinski definition) is 6. The molecule has 0 aliphatic rings. The molecule has 1 unspecified atom stereocenters. The first-order chi connectivity index (χ1) is 29.3. The van der Waals surface area contributed by atoms with Crippen LogP contribution in [0.1, 0.15) is 322 Å². The summed E-state index contributed by atoms with van der Waals surface area (Å²) in [5.41, 5.74) is 0. The third kappa shape index (κ3) is 66.8. The van der Waals surface area contributed by atoms with E-state index in [9.17, 15) is 29.7 Å². The minimum atomic E-state index is -0.915. The summed E-state index contributed by atoms with van der Waals surface area (Å²) < 4.78 is 0. The molecule has 0 spiro atoms. The van der Waals surface area contributed by atoms with Crippen molar-refractivity contribution < 1.29 is 59.3 Å². The van der Waals surface area contributed by atoms with Gasteiger partial charge in [0.1, 0.15) is 0 Å². The molecule has 0 N–H and O–H groups in total. The molecule has 0 amide bonds. The van der Waals surface area contributed by atoms with E-state index >= 15 is 0 Å². The maximum absolute atomic E-state index is 10.8. The zero-order chi connectivity index (χ0) is 44.3. The van der Waals surface area contributed by atoms with Crippen molar-refractivity contribution in [1.29, 1.82) is 0 Å². The molecule has 8 heteroatoms. The Labute approximate surface area is 425 Å². The van der Waals surface area contributed by atoms with Crippen LogP contribution in [0, 0.1) is 5.92 Å². The molecule has 0 aromatic rings. The predicted molar refractivity (Wildman–Crippen MR) is 257 cm³/mol. The van der Waals surface area contributed by atoms with Crippen LogP contribution in [0.2, 0.25) is 0 Å². The fourth-order valence-corrected chi connectivity index (χ4v) is 8.71. The van der Waals surface area contributed by atoms with Crippen molar-refractivity contribution in [2.24, 2.45) is 5.92 Å². The average molecular weight is 896 g/mol. The number of aliphatic carboxylic acids is 3. The van der Waals surface area contributed by atoms with Gasteiger partial charge in [-0.05, 0) is 44.4 Å². The van der Waals surface area contributed by atoms with E-state index in [2.05, 4.69) is 13.8 Å². The average Bonchev–Trinajstić information content (AvgIpc) is 3.22. The minimum absolute atomic E-state index is 0. The summed E-state index contributed by atoms with van der Waals surface area (Å²) in [5.74, 6) is -2.00. The van der Waals surface area contributed by atoms with Crippen LogP contribution in [0.15, 0.2) is 0 Å². The summed E-state index contributed by atoms with van der Waals surface area (Å²) in [6.07, 6.45) is 58.9. The maximum atomic E-state index is 10.8. The number of carboxylic acid groups (broad SMARTS) is 3. The van der Waals surface area contributed by atoms with Gasteiger partial charge in [-0.1, -0.05) is 284 Å². The summed E-state index contributed by atoms with van der Waals surface area (Å²) in [5, 5.41) is 31.5. The van der Waals surface area contributed by atoms with Crippen molar-refractivity contribution in [1.82, 2.24) is 0 Å². The summed E-state index contributed by atoms with van der Waals surface area (Å²) in [4.78, 5) is 31.5. The van der Waals surface area contributed by atoms with Crippen molar-refractivity contribution in [3.8, 4) is 0 Å². The van der Waals surface area contributed by atoms with Gasteiger partial charge in [0.25, 0.3) is 0 Å². The Hall–Kier alpha value is 0.176. The van der Waals surface area contributed by atoms with E-state index in [1.807, 2.05) is 0 Å². The Kier molecular flexibility index (Phi) is 67.8. The van der Waals surface area contributed by atoms with E-state index < -0.39 is 17.9 Å². The molecule has 6 nitrogen and oxygen atoms in total. The Morgan fingerprint density at radius 1 is 0.274 bits per heavy atom. The smallest absolute Gasteiger partial charge is 0.550 e. The molecule has 0 radical (unpaired) electrons. The molecule has 0 bridgehead atoms. The molecule has 0 aliphatic carbocycles. The molecule has 0 aliphatic heterocycles. The van der Waals surface area contributed by atoms with Gasteiger partial charge in [0.05, 0.1) is 0 Å². The van der Waals surface area contributed by atoms with Crippen molar-refractivity contribution in [3.63, 3.8) is 0 Å². The normalized spacial score (nSPS) is 11.3. The first kappa shape index (κ1) is 68.8. The topological polar surface area (TPSA) is 120 Å². The van der Waals surface area contributed by atoms with E-state index in [4.69, 9.17) is 0 Å². The fraction of sp³-hybridized carbons (Fsp3) is 0.944. The molecule has 0 saturated heterocycles. The van der Waals surface area contributed by atoms with Gasteiger partial charge in [-0.15, -0.1) is 0 Å². The van der Waals surface area contributed by atoms with Gasteiger partial charge in [0.15, 0.2) is 0 Å². The van der Waals surface area contributed by atoms with Crippen LogP contribution in [-0.2, 0) is 14.4 Å². The zero-order valence-corrected chi connectivity index (χ0v) is 45.6. The van der Waals surface area contributed by atoms with Crippen LogP contribution in [-0.4, -0.2) is 41.0 Å². The quantitative estimate of drug-likeness (QED) is 0.0443. The van der Waals surface area contributed by atoms with Crippen molar-refractivity contribution >= 4 is 41.0 Å². The van der Waals surface area contributed by atoms with E-state index in [-0.39, 0.29) is 71.9 Å². The van der Waals surface area contributed by atoms with Crippen molar-refractivity contribution in [2.75, 3.05) is 0 Å². The van der Waals surface area contributed by atoms with E-state index in [0.29, 0.717) is 5.92 Å². The molecule has 62 heavy (non-hydrogen) atoms. The summed E-state index contributed by atoms with van der Waals surface area (Å²) >= 11 is 0. The summed E-state index contributed by atoms with van der Waals surface area (Å²) in [6, 6.07) is 0. The van der Waals surface area contributed by atoms with Crippen LogP contribution in [0.3, 0.4) is 0 Å². The molecule has 0 aromatic carbocycles. The molecule has 358 valence electrons. The molecule has 0 fully saturated rings. The molecule has 0 aromatic heterocycles. The van der Waals surface area contributed by atoms with Gasteiger partial charge in [-0.25, -0.2) is 0 Å². The summed E-state index contributed by atoms with van der Waals surface area (Å²) in [7, 11) is 0. The number of carboxylic acids is 3. The molecule has 0 rings (SSSR count). The Balaban J connectivity index is -0.000000645. The van der Waals surface area contributed by atoms with Gasteiger partial charge < -0.3 is 29.7 Å². The van der Waals surface area contributed by atoms with Gasteiger partial charge in [-0.2, -0.15) is 0 Å². The van der Waals surface area contributed by atoms with Gasteiger partial charge in [0, 0.05) is 17.9 Å². The third-order valence-corrected chi connectivity index (χ3v) is 12.7. The van der Waals surface area contributed by atoms with Gasteiger partial charge >= 0.3 is 52.6 Å². The number of carbonyl (C=O) groups excluding carboxylic acids is 3. The molecule has 1 atom stereocenters. The molecule has 0 heterocycles.